The lowest BCUT2D eigenvalue weighted by Crippen LogP contribution is -2.53. The van der Waals surface area contributed by atoms with E-state index in [-0.39, 0.29) is 0 Å². The number of rotatable bonds is 2. The predicted octanol–water partition coefficient (Wildman–Crippen LogP) is 2.92. The number of nitrogens with one attached hydrogen (secondary N) is 1. The molecule has 0 aromatic heterocycles. The van der Waals surface area contributed by atoms with Crippen LogP contribution >= 0.6 is 11.6 Å². The standard InChI is InChI=1S/C16H16ClN3O/c1-11-19-15-9-8-13(17)10-14(15)16(21-2,20(11)18)12-6-4-3-5-7-12/h3-10H,18H2,1-2H3/p+1. The van der Waals surface area contributed by atoms with Crippen molar-refractivity contribution in [2.75, 3.05) is 12.4 Å². The first kappa shape index (κ1) is 13.9. The molecule has 1 heterocycles. The van der Waals surface area contributed by atoms with Crippen LogP contribution in [0.4, 0.5) is 5.69 Å². The van der Waals surface area contributed by atoms with E-state index in [1.165, 1.54) is 0 Å². The number of hydrogen-bond donors (Lipinski definition) is 2. The normalized spacial score (nSPS) is 20.9. The van der Waals surface area contributed by atoms with Crippen LogP contribution < -0.4 is 11.2 Å². The number of hydrazone groups is 1. The molecule has 1 aliphatic heterocycles. The summed E-state index contributed by atoms with van der Waals surface area (Å²) in [6.07, 6.45) is 0. The highest BCUT2D eigenvalue weighted by molar-refractivity contribution is 6.30. The van der Waals surface area contributed by atoms with Crippen molar-refractivity contribution in [1.82, 2.24) is 0 Å². The number of anilines is 1. The zero-order valence-corrected chi connectivity index (χ0v) is 12.7. The second kappa shape index (κ2) is 5.06. The van der Waals surface area contributed by atoms with Crippen LogP contribution in [0.15, 0.2) is 48.5 Å². The van der Waals surface area contributed by atoms with E-state index in [0.29, 0.717) is 5.02 Å². The summed E-state index contributed by atoms with van der Waals surface area (Å²) < 4.78 is 7.51. The summed E-state index contributed by atoms with van der Waals surface area (Å²) in [5, 5.41) is 3.91. The van der Waals surface area contributed by atoms with Crippen molar-refractivity contribution in [3.8, 4) is 0 Å². The number of nitrogens with two attached hydrogens (primary N) is 1. The molecule has 108 valence electrons. The van der Waals surface area contributed by atoms with Gasteiger partial charge in [-0.25, -0.2) is 5.32 Å². The fourth-order valence-electron chi connectivity index (χ4n) is 2.81. The predicted molar refractivity (Wildman–Crippen MR) is 84.4 cm³/mol. The maximum atomic E-state index is 6.33. The summed E-state index contributed by atoms with van der Waals surface area (Å²) in [6.45, 7) is 1.91. The lowest BCUT2D eigenvalue weighted by Gasteiger charge is -2.35. The first-order chi connectivity index (χ1) is 10.1. The van der Waals surface area contributed by atoms with Crippen molar-refractivity contribution < 1.29 is 9.42 Å². The molecule has 2 aromatic carbocycles. The van der Waals surface area contributed by atoms with Gasteiger partial charge in [0.25, 0.3) is 11.6 Å². The molecular formula is C16H17ClN3O+. The minimum atomic E-state index is -0.906. The van der Waals surface area contributed by atoms with Gasteiger partial charge in [0.05, 0.1) is 5.56 Å². The van der Waals surface area contributed by atoms with Crippen molar-refractivity contribution >= 4 is 23.1 Å². The van der Waals surface area contributed by atoms with Gasteiger partial charge in [-0.3, -0.25) is 5.84 Å². The Bertz CT molecular complexity index is 715. The number of fused-ring (bicyclic) bond motifs is 1. The van der Waals surface area contributed by atoms with Crippen LogP contribution in [0.1, 0.15) is 18.1 Å². The minimum absolute atomic E-state index is 0.640. The Morgan fingerprint density at radius 1 is 1.19 bits per heavy atom. The van der Waals surface area contributed by atoms with Gasteiger partial charge in [-0.1, -0.05) is 41.9 Å². The first-order valence-corrected chi connectivity index (χ1v) is 7.03. The van der Waals surface area contributed by atoms with E-state index in [1.54, 1.807) is 11.8 Å². The highest BCUT2D eigenvalue weighted by Crippen LogP contribution is 2.40. The van der Waals surface area contributed by atoms with Crippen LogP contribution in [-0.4, -0.2) is 17.6 Å². The molecule has 0 spiro atoms. The minimum Gasteiger partial charge on any atom is -0.331 e. The molecule has 0 fully saturated rings. The van der Waals surface area contributed by atoms with Gasteiger partial charge in [-0.2, -0.15) is 0 Å². The van der Waals surface area contributed by atoms with Crippen LogP contribution in [0.3, 0.4) is 0 Å². The maximum absolute atomic E-state index is 6.33. The summed E-state index contributed by atoms with van der Waals surface area (Å²) in [6, 6.07) is 15.5. The highest BCUT2D eigenvalue weighted by Gasteiger charge is 2.48. The van der Waals surface area contributed by atoms with E-state index >= 15 is 0 Å². The third-order valence-corrected chi connectivity index (χ3v) is 4.06. The largest absolute Gasteiger partial charge is 0.331 e. The number of amidine groups is 1. The van der Waals surface area contributed by atoms with Crippen molar-refractivity contribution in [3.05, 3.63) is 64.7 Å². The summed E-state index contributed by atoms with van der Waals surface area (Å²) in [5.74, 6) is 7.13. The first-order valence-electron chi connectivity index (χ1n) is 6.66. The summed E-state index contributed by atoms with van der Waals surface area (Å²) >= 11 is 6.18. The topological polar surface area (TPSA) is 50.3 Å². The van der Waals surface area contributed by atoms with E-state index in [2.05, 4.69) is 5.32 Å². The van der Waals surface area contributed by atoms with Crippen molar-refractivity contribution in [2.45, 2.75) is 12.6 Å². The second-order valence-corrected chi connectivity index (χ2v) is 5.42. The number of hydrogen-bond acceptors (Lipinski definition) is 3. The Hall–Kier alpha value is -2.04. The van der Waals surface area contributed by atoms with Crippen molar-refractivity contribution in [3.63, 3.8) is 0 Å². The maximum Gasteiger partial charge on any atom is 0.288 e. The van der Waals surface area contributed by atoms with Crippen LogP contribution in [0.5, 0.6) is 0 Å². The summed E-state index contributed by atoms with van der Waals surface area (Å²) in [4.78, 5) is 0. The smallest absolute Gasteiger partial charge is 0.288 e. The van der Waals surface area contributed by atoms with Gasteiger partial charge < -0.3 is 4.74 Å². The molecule has 1 aliphatic rings. The Kier molecular flexibility index (Phi) is 3.35. The van der Waals surface area contributed by atoms with E-state index in [1.807, 2.05) is 55.5 Å². The molecule has 5 heteroatoms. The van der Waals surface area contributed by atoms with E-state index in [9.17, 15) is 0 Å². The molecule has 0 saturated carbocycles. The summed E-state index contributed by atoms with van der Waals surface area (Å²) in [7, 11) is 1.65. The van der Waals surface area contributed by atoms with Gasteiger partial charge in [0.1, 0.15) is 5.69 Å². The van der Waals surface area contributed by atoms with E-state index < -0.39 is 5.72 Å². The van der Waals surface area contributed by atoms with Gasteiger partial charge in [-0.05, 0) is 18.2 Å². The third kappa shape index (κ3) is 1.99. The highest BCUT2D eigenvalue weighted by atomic mass is 35.5. The average Bonchev–Trinajstić information content (AvgIpc) is 2.51. The average molecular weight is 303 g/mol. The molecule has 0 bridgehead atoms. The monoisotopic (exact) mass is 302 g/mol. The molecule has 4 nitrogen and oxygen atoms in total. The second-order valence-electron chi connectivity index (χ2n) is 4.98. The van der Waals surface area contributed by atoms with Gasteiger partial charge in [0.15, 0.2) is 0 Å². The fraction of sp³-hybridized carbons (Fsp3) is 0.188. The van der Waals surface area contributed by atoms with Crippen molar-refractivity contribution in [1.29, 1.82) is 0 Å². The third-order valence-electron chi connectivity index (χ3n) is 3.82. The Morgan fingerprint density at radius 2 is 1.90 bits per heavy atom. The quantitative estimate of drug-likeness (QED) is 0.662. The van der Waals surface area contributed by atoms with Crippen LogP contribution in [0.2, 0.25) is 5.02 Å². The van der Waals surface area contributed by atoms with Gasteiger partial charge in [0.2, 0.25) is 0 Å². The molecular weight excluding hydrogens is 286 g/mol. The molecule has 0 aliphatic carbocycles. The van der Waals surface area contributed by atoms with Crippen molar-refractivity contribution in [2.24, 2.45) is 5.84 Å². The number of benzene rings is 2. The van der Waals surface area contributed by atoms with E-state index in [4.69, 9.17) is 22.2 Å². The Labute approximate surface area is 128 Å². The molecule has 3 N–H and O–H groups in total. The molecule has 0 amide bonds. The van der Waals surface area contributed by atoms with Crippen LogP contribution in [0, 0.1) is 0 Å². The molecule has 3 rings (SSSR count). The molecule has 0 saturated heterocycles. The zero-order chi connectivity index (χ0) is 15.0. The molecule has 2 aromatic rings. The van der Waals surface area contributed by atoms with Gasteiger partial charge in [0, 0.05) is 24.6 Å². The number of ether oxygens (including phenoxy) is 1. The number of halogens is 1. The van der Waals surface area contributed by atoms with E-state index in [0.717, 1.165) is 22.6 Å². The fourth-order valence-corrected chi connectivity index (χ4v) is 2.98. The number of methoxy groups -OCH3 is 1. The lowest BCUT2D eigenvalue weighted by molar-refractivity contribution is -0.670. The molecule has 21 heavy (non-hydrogen) atoms. The molecule has 0 radical (unpaired) electrons. The zero-order valence-electron chi connectivity index (χ0n) is 11.9. The van der Waals surface area contributed by atoms with Crippen LogP contribution in [-0.2, 0) is 10.5 Å². The Balaban J connectivity index is 2.35. The van der Waals surface area contributed by atoms with Crippen LogP contribution in [0.25, 0.3) is 0 Å². The molecule has 1 unspecified atom stereocenters. The van der Waals surface area contributed by atoms with Gasteiger partial charge >= 0.3 is 0 Å². The Morgan fingerprint density at radius 3 is 2.57 bits per heavy atom. The summed E-state index contributed by atoms with van der Waals surface area (Å²) in [5.41, 5.74) is 1.86. The SMILES string of the molecule is COC1(c2ccccc2)c2cc(Cl)ccc2NC(C)=[N+]1N. The number of nitrogens with zero attached hydrogens (tertiary/aromatic N) is 1. The lowest BCUT2D eigenvalue weighted by atomic mass is 9.91. The number of hydrazine groups is 1. The van der Waals surface area contributed by atoms with Gasteiger partial charge in [-0.15, -0.1) is 4.68 Å². The molecule has 1 atom stereocenters.